The summed E-state index contributed by atoms with van der Waals surface area (Å²) in [5, 5.41) is 3.63. The van der Waals surface area contributed by atoms with Crippen LogP contribution in [-0.4, -0.2) is 27.9 Å². The third kappa shape index (κ3) is 8.74. The van der Waals surface area contributed by atoms with Crippen LogP contribution in [0.2, 0.25) is 5.15 Å². The quantitative estimate of drug-likeness (QED) is 0.224. The van der Waals surface area contributed by atoms with Gasteiger partial charge in [-0.1, -0.05) is 72.3 Å². The van der Waals surface area contributed by atoms with Gasteiger partial charge in [-0.15, -0.1) is 0 Å². The average molecular weight is 516 g/mol. The molecule has 2 aromatic heterocycles. The Balaban J connectivity index is 0.000000176. The van der Waals surface area contributed by atoms with Crippen LogP contribution in [0.1, 0.15) is 44.7 Å². The maximum absolute atomic E-state index is 11.9. The van der Waals surface area contributed by atoms with Crippen molar-refractivity contribution >= 4 is 29.4 Å². The second-order valence-corrected chi connectivity index (χ2v) is 8.73. The van der Waals surface area contributed by atoms with E-state index in [-0.39, 0.29) is 19.2 Å². The largest absolute Gasteiger partial charge is 0.457 e. The van der Waals surface area contributed by atoms with Crippen LogP contribution in [-0.2, 0) is 22.7 Å². The van der Waals surface area contributed by atoms with Gasteiger partial charge in [0, 0.05) is 18.4 Å². The van der Waals surface area contributed by atoms with E-state index in [4.69, 9.17) is 21.1 Å². The van der Waals surface area contributed by atoms with Crippen LogP contribution in [0.15, 0.2) is 97.3 Å². The molecular formula is C29H26ClN3O4. The SMILES string of the molecule is O=C(OCc1ccccc1)c1ccc(Cl)nc1.O=C(OCc1ccccc1)c1ccc(NC2CC2)nc1. The standard InChI is InChI=1S/C16H16N2O2.C13H10ClNO2/c19-16(20-11-12-4-2-1-3-5-12)13-6-9-15(17-10-13)18-14-7-8-14;14-12-7-6-11(8-15-12)13(16)17-9-10-4-2-1-3-5-10/h1-6,9-10,14H,7-8,11H2,(H,17,18);1-8H,9H2. The minimum Gasteiger partial charge on any atom is -0.457 e. The Bertz CT molecular complexity index is 1280. The van der Waals surface area contributed by atoms with Crippen molar-refractivity contribution in [3.8, 4) is 0 Å². The summed E-state index contributed by atoms with van der Waals surface area (Å²) in [4.78, 5) is 31.5. The molecule has 0 amide bonds. The van der Waals surface area contributed by atoms with Crippen molar-refractivity contribution in [1.82, 2.24) is 9.97 Å². The molecule has 0 saturated heterocycles. The first-order valence-electron chi connectivity index (χ1n) is 11.8. The van der Waals surface area contributed by atoms with Crippen molar-refractivity contribution in [1.29, 1.82) is 0 Å². The summed E-state index contributed by atoms with van der Waals surface area (Å²) >= 11 is 5.63. The predicted molar refractivity (Wildman–Crippen MR) is 141 cm³/mol. The zero-order chi connectivity index (χ0) is 25.9. The number of nitrogens with one attached hydrogen (secondary N) is 1. The number of anilines is 1. The molecule has 1 aliphatic carbocycles. The third-order valence-electron chi connectivity index (χ3n) is 5.32. The third-order valence-corrected chi connectivity index (χ3v) is 5.54. The van der Waals surface area contributed by atoms with Crippen molar-refractivity contribution in [2.24, 2.45) is 0 Å². The number of esters is 2. The van der Waals surface area contributed by atoms with E-state index in [0.29, 0.717) is 22.3 Å². The molecule has 7 nitrogen and oxygen atoms in total. The number of aromatic nitrogens is 2. The number of carbonyl (C=O) groups is 2. The summed E-state index contributed by atoms with van der Waals surface area (Å²) in [6, 6.07) is 26.4. The van der Waals surface area contributed by atoms with Crippen LogP contribution < -0.4 is 5.32 Å². The minimum absolute atomic E-state index is 0.252. The Morgan fingerprint density at radius 1 is 0.730 bits per heavy atom. The molecule has 2 aromatic carbocycles. The highest BCUT2D eigenvalue weighted by atomic mass is 35.5. The van der Waals surface area contributed by atoms with Gasteiger partial charge in [0.05, 0.1) is 11.1 Å². The van der Waals surface area contributed by atoms with Gasteiger partial charge in [0.25, 0.3) is 0 Å². The van der Waals surface area contributed by atoms with Crippen molar-refractivity contribution in [3.05, 3.63) is 125 Å². The number of hydrogen-bond acceptors (Lipinski definition) is 7. The van der Waals surface area contributed by atoms with Gasteiger partial charge in [-0.3, -0.25) is 0 Å². The van der Waals surface area contributed by atoms with Crippen LogP contribution in [0.5, 0.6) is 0 Å². The van der Waals surface area contributed by atoms with Crippen molar-refractivity contribution < 1.29 is 19.1 Å². The van der Waals surface area contributed by atoms with E-state index in [0.717, 1.165) is 16.9 Å². The highest BCUT2D eigenvalue weighted by Crippen LogP contribution is 2.23. The molecule has 0 atom stereocenters. The Morgan fingerprint density at radius 3 is 1.68 bits per heavy atom. The summed E-state index contributed by atoms with van der Waals surface area (Å²) in [7, 11) is 0. The van der Waals surface area contributed by atoms with Crippen LogP contribution in [0.25, 0.3) is 0 Å². The second-order valence-electron chi connectivity index (χ2n) is 8.34. The fourth-order valence-corrected chi connectivity index (χ4v) is 3.26. The molecule has 1 aliphatic rings. The molecule has 0 radical (unpaired) electrons. The van der Waals surface area contributed by atoms with E-state index in [1.54, 1.807) is 24.4 Å². The van der Waals surface area contributed by atoms with Gasteiger partial charge in [0.1, 0.15) is 24.2 Å². The zero-order valence-electron chi connectivity index (χ0n) is 20.0. The molecule has 2 heterocycles. The lowest BCUT2D eigenvalue weighted by molar-refractivity contribution is 0.0463. The van der Waals surface area contributed by atoms with Crippen LogP contribution in [0.4, 0.5) is 5.82 Å². The number of benzene rings is 2. The van der Waals surface area contributed by atoms with Crippen LogP contribution in [0.3, 0.4) is 0 Å². The maximum Gasteiger partial charge on any atom is 0.340 e. The molecule has 1 fully saturated rings. The van der Waals surface area contributed by atoms with Crippen LogP contribution >= 0.6 is 11.6 Å². The Hall–Kier alpha value is -4.23. The van der Waals surface area contributed by atoms with Gasteiger partial charge in [-0.2, -0.15) is 0 Å². The van der Waals surface area contributed by atoms with Gasteiger partial charge in [0.2, 0.25) is 0 Å². The molecule has 8 heteroatoms. The summed E-state index contributed by atoms with van der Waals surface area (Å²) in [6.07, 6.45) is 5.35. The lowest BCUT2D eigenvalue weighted by Gasteiger charge is -2.06. The maximum atomic E-state index is 11.9. The van der Waals surface area contributed by atoms with Gasteiger partial charge in [-0.25, -0.2) is 19.6 Å². The number of ether oxygens (including phenoxy) is 2. The summed E-state index contributed by atoms with van der Waals surface area (Å²) < 4.78 is 10.4. The van der Waals surface area contributed by atoms with E-state index in [2.05, 4.69) is 15.3 Å². The topological polar surface area (TPSA) is 90.4 Å². The van der Waals surface area contributed by atoms with Gasteiger partial charge >= 0.3 is 11.9 Å². The normalized spacial score (nSPS) is 12.0. The molecule has 0 unspecified atom stereocenters. The monoisotopic (exact) mass is 515 g/mol. The molecule has 0 bridgehead atoms. The molecular weight excluding hydrogens is 490 g/mol. The molecule has 0 spiro atoms. The molecule has 4 aromatic rings. The fraction of sp³-hybridized carbons (Fsp3) is 0.172. The Labute approximate surface area is 220 Å². The smallest absolute Gasteiger partial charge is 0.340 e. The first kappa shape index (κ1) is 25.9. The number of hydrogen-bond donors (Lipinski definition) is 1. The average Bonchev–Trinajstić information content (AvgIpc) is 3.77. The van der Waals surface area contributed by atoms with Crippen molar-refractivity contribution in [2.75, 3.05) is 5.32 Å². The molecule has 5 rings (SSSR count). The van der Waals surface area contributed by atoms with E-state index in [1.807, 2.05) is 66.7 Å². The number of halogens is 1. The first-order chi connectivity index (χ1) is 18.1. The lowest BCUT2D eigenvalue weighted by atomic mass is 10.2. The van der Waals surface area contributed by atoms with Gasteiger partial charge in [-0.05, 0) is 48.2 Å². The zero-order valence-corrected chi connectivity index (χ0v) is 20.8. The van der Waals surface area contributed by atoms with Crippen molar-refractivity contribution in [3.63, 3.8) is 0 Å². The number of rotatable bonds is 8. The fourth-order valence-electron chi connectivity index (χ4n) is 3.15. The van der Waals surface area contributed by atoms with E-state index in [9.17, 15) is 9.59 Å². The minimum atomic E-state index is -0.405. The second kappa shape index (κ2) is 13.2. The number of carbonyl (C=O) groups excluding carboxylic acids is 2. The Kier molecular flexibility index (Phi) is 9.21. The number of pyridine rings is 2. The number of nitrogens with zero attached hydrogens (tertiary/aromatic N) is 2. The van der Waals surface area contributed by atoms with Crippen LogP contribution in [0, 0.1) is 0 Å². The predicted octanol–water partition coefficient (Wildman–Crippen LogP) is 6.10. The summed E-state index contributed by atoms with van der Waals surface area (Å²) in [5.41, 5.74) is 2.79. The van der Waals surface area contributed by atoms with Gasteiger partial charge in [0.15, 0.2) is 0 Å². The first-order valence-corrected chi connectivity index (χ1v) is 12.2. The van der Waals surface area contributed by atoms with E-state index in [1.165, 1.54) is 19.0 Å². The molecule has 0 aliphatic heterocycles. The molecule has 1 saturated carbocycles. The lowest BCUT2D eigenvalue weighted by Crippen LogP contribution is -2.07. The van der Waals surface area contributed by atoms with Gasteiger partial charge < -0.3 is 14.8 Å². The summed E-state index contributed by atoms with van der Waals surface area (Å²) in [6.45, 7) is 0.532. The highest BCUT2D eigenvalue weighted by molar-refractivity contribution is 6.29. The van der Waals surface area contributed by atoms with E-state index >= 15 is 0 Å². The van der Waals surface area contributed by atoms with Crippen molar-refractivity contribution in [2.45, 2.75) is 32.1 Å². The molecule has 1 N–H and O–H groups in total. The highest BCUT2D eigenvalue weighted by Gasteiger charge is 2.21. The summed E-state index contributed by atoms with van der Waals surface area (Å²) in [5.74, 6) is 0.0597. The molecule has 188 valence electrons. The van der Waals surface area contributed by atoms with E-state index < -0.39 is 5.97 Å². The molecule has 37 heavy (non-hydrogen) atoms. The Morgan fingerprint density at radius 2 is 1.24 bits per heavy atom.